The molecular formula is C30H33NO3. The molecule has 0 fully saturated rings. The average Bonchev–Trinajstić information content (AvgIpc) is 3.11. The minimum atomic E-state index is -0.400. The second-order valence-corrected chi connectivity index (χ2v) is 10.3. The molecule has 3 aromatic rings. The molecule has 0 saturated heterocycles. The Morgan fingerprint density at radius 2 is 1.41 bits per heavy atom. The van der Waals surface area contributed by atoms with Gasteiger partial charge in [-0.25, -0.2) is 0 Å². The zero-order valence-electron chi connectivity index (χ0n) is 20.2. The minimum absolute atomic E-state index is 0.0240. The molecule has 1 aliphatic carbocycles. The van der Waals surface area contributed by atoms with Crippen molar-refractivity contribution in [2.24, 2.45) is 11.7 Å². The Kier molecular flexibility index (Phi) is 6.87. The number of esters is 1. The summed E-state index contributed by atoms with van der Waals surface area (Å²) in [7, 11) is 0. The molecule has 0 heterocycles. The van der Waals surface area contributed by atoms with E-state index in [4.69, 9.17) is 10.5 Å². The Hall–Kier alpha value is -3.40. The highest BCUT2D eigenvalue weighted by atomic mass is 16.5. The number of nitrogens with two attached hydrogens (primary N) is 1. The summed E-state index contributed by atoms with van der Waals surface area (Å²) in [5.41, 5.74) is 12.7. The van der Waals surface area contributed by atoms with Crippen molar-refractivity contribution >= 4 is 11.9 Å². The molecule has 4 heteroatoms. The maximum absolute atomic E-state index is 12.8. The van der Waals surface area contributed by atoms with Gasteiger partial charge in [0.05, 0.1) is 0 Å². The summed E-state index contributed by atoms with van der Waals surface area (Å²) in [6, 6.07) is 24.9. The molecule has 0 aromatic heterocycles. The number of hydrogen-bond acceptors (Lipinski definition) is 3. The van der Waals surface area contributed by atoms with E-state index in [0.29, 0.717) is 6.42 Å². The summed E-state index contributed by atoms with van der Waals surface area (Å²) in [6.07, 6.45) is 0.933. The normalized spacial score (nSPS) is 13.7. The molecule has 0 radical (unpaired) electrons. The van der Waals surface area contributed by atoms with Crippen molar-refractivity contribution in [1.82, 2.24) is 0 Å². The van der Waals surface area contributed by atoms with Crippen LogP contribution >= 0.6 is 0 Å². The Morgan fingerprint density at radius 3 is 1.94 bits per heavy atom. The summed E-state index contributed by atoms with van der Waals surface area (Å²) in [5, 5.41) is 0. The molecule has 0 saturated carbocycles. The Bertz CT molecular complexity index is 1130. The molecule has 176 valence electrons. The predicted octanol–water partition coefficient (Wildman–Crippen LogP) is 5.76. The van der Waals surface area contributed by atoms with Gasteiger partial charge < -0.3 is 10.5 Å². The lowest BCUT2D eigenvalue weighted by molar-refractivity contribution is -0.145. The van der Waals surface area contributed by atoms with Crippen LogP contribution in [0.25, 0.3) is 11.1 Å². The lowest BCUT2D eigenvalue weighted by Gasteiger charge is -2.20. The zero-order valence-corrected chi connectivity index (χ0v) is 20.2. The van der Waals surface area contributed by atoms with Gasteiger partial charge in [0, 0.05) is 18.8 Å². The lowest BCUT2D eigenvalue weighted by atomic mass is 9.85. The third-order valence-electron chi connectivity index (χ3n) is 6.66. The molecule has 4 rings (SSSR count). The molecule has 2 N–H and O–H groups in total. The highest BCUT2D eigenvalue weighted by molar-refractivity contribution is 5.79. The smallest absolute Gasteiger partial charge is 0.306 e. The first-order valence-corrected chi connectivity index (χ1v) is 11.9. The highest BCUT2D eigenvalue weighted by Gasteiger charge is 2.29. The van der Waals surface area contributed by atoms with Crippen molar-refractivity contribution in [3.05, 3.63) is 95.1 Å². The summed E-state index contributed by atoms with van der Waals surface area (Å²) < 4.78 is 5.76. The van der Waals surface area contributed by atoms with E-state index >= 15 is 0 Å². The van der Waals surface area contributed by atoms with Crippen molar-refractivity contribution in [2.45, 2.75) is 51.4 Å². The SMILES string of the molecule is CC(C)(C)c1ccc(C[C@H](CC(N)=O)CC(=O)OCC2c3ccccc3-c3ccccc32)cc1. The van der Waals surface area contributed by atoms with E-state index in [2.05, 4.69) is 69.3 Å². The number of carbonyl (C=O) groups excluding carboxylic acids is 2. The molecule has 0 bridgehead atoms. The minimum Gasteiger partial charge on any atom is -0.465 e. The monoisotopic (exact) mass is 455 g/mol. The fourth-order valence-electron chi connectivity index (χ4n) is 4.89. The van der Waals surface area contributed by atoms with Gasteiger partial charge >= 0.3 is 5.97 Å². The number of fused-ring (bicyclic) bond motifs is 3. The quantitative estimate of drug-likeness (QED) is 0.439. The summed E-state index contributed by atoms with van der Waals surface area (Å²) >= 11 is 0. The molecule has 34 heavy (non-hydrogen) atoms. The first-order valence-electron chi connectivity index (χ1n) is 11.9. The van der Waals surface area contributed by atoms with Crippen LogP contribution in [0.4, 0.5) is 0 Å². The molecule has 1 amide bonds. The van der Waals surface area contributed by atoms with Crippen LogP contribution in [0, 0.1) is 5.92 Å². The largest absolute Gasteiger partial charge is 0.465 e. The fraction of sp³-hybridized carbons (Fsp3) is 0.333. The number of primary amides is 1. The fourth-order valence-corrected chi connectivity index (χ4v) is 4.89. The van der Waals surface area contributed by atoms with Crippen LogP contribution in [-0.2, 0) is 26.2 Å². The molecular weight excluding hydrogens is 422 g/mol. The van der Waals surface area contributed by atoms with Crippen molar-refractivity contribution < 1.29 is 14.3 Å². The van der Waals surface area contributed by atoms with Gasteiger partial charge in [0.25, 0.3) is 0 Å². The van der Waals surface area contributed by atoms with Gasteiger partial charge in [-0.05, 0) is 51.1 Å². The van der Waals surface area contributed by atoms with E-state index in [0.717, 1.165) is 5.56 Å². The maximum atomic E-state index is 12.8. The summed E-state index contributed by atoms with van der Waals surface area (Å²) in [6.45, 7) is 6.82. The van der Waals surface area contributed by atoms with Gasteiger partial charge in [0.2, 0.25) is 5.91 Å². The first kappa shape index (κ1) is 23.7. The Labute approximate surface area is 202 Å². The Morgan fingerprint density at radius 1 is 0.853 bits per heavy atom. The Balaban J connectivity index is 1.41. The van der Waals surface area contributed by atoms with Gasteiger partial charge in [-0.2, -0.15) is 0 Å². The van der Waals surface area contributed by atoms with E-state index in [-0.39, 0.29) is 42.7 Å². The lowest BCUT2D eigenvalue weighted by Crippen LogP contribution is -2.22. The molecule has 4 nitrogen and oxygen atoms in total. The number of rotatable bonds is 8. The van der Waals surface area contributed by atoms with E-state index < -0.39 is 5.91 Å². The van der Waals surface area contributed by atoms with Crippen LogP contribution in [0.2, 0.25) is 0 Å². The number of carbonyl (C=O) groups is 2. The van der Waals surface area contributed by atoms with E-state index in [1.165, 1.54) is 27.8 Å². The molecule has 1 atom stereocenters. The van der Waals surface area contributed by atoms with Crippen LogP contribution in [0.1, 0.15) is 61.8 Å². The molecule has 1 aliphatic rings. The van der Waals surface area contributed by atoms with E-state index in [1.807, 2.05) is 24.3 Å². The van der Waals surface area contributed by atoms with Gasteiger partial charge in [-0.15, -0.1) is 0 Å². The number of amides is 1. The summed E-state index contributed by atoms with van der Waals surface area (Å²) in [4.78, 5) is 24.5. The van der Waals surface area contributed by atoms with Crippen LogP contribution < -0.4 is 5.73 Å². The van der Waals surface area contributed by atoms with E-state index in [1.54, 1.807) is 0 Å². The number of hydrogen-bond donors (Lipinski definition) is 1. The van der Waals surface area contributed by atoms with Crippen LogP contribution in [0.15, 0.2) is 72.8 Å². The first-order chi connectivity index (χ1) is 16.2. The van der Waals surface area contributed by atoms with Crippen molar-refractivity contribution in [2.75, 3.05) is 6.61 Å². The topological polar surface area (TPSA) is 69.4 Å². The summed E-state index contributed by atoms with van der Waals surface area (Å²) in [5.74, 6) is -0.855. The third kappa shape index (κ3) is 5.39. The van der Waals surface area contributed by atoms with Gasteiger partial charge in [0.1, 0.15) is 6.61 Å². The van der Waals surface area contributed by atoms with Crippen LogP contribution in [0.3, 0.4) is 0 Å². The number of ether oxygens (including phenoxy) is 1. The second kappa shape index (κ2) is 9.84. The standard InChI is InChI=1S/C30H33NO3/c1-30(2,3)22-14-12-20(13-15-22)16-21(17-28(31)32)18-29(33)34-19-27-25-10-6-4-8-23(25)24-9-5-7-11-26(24)27/h4-15,21,27H,16-19H2,1-3H3,(H2,31,32)/t21-/m1/s1. The van der Waals surface area contributed by atoms with Gasteiger partial charge in [0.15, 0.2) is 0 Å². The second-order valence-electron chi connectivity index (χ2n) is 10.3. The van der Waals surface area contributed by atoms with E-state index in [9.17, 15) is 9.59 Å². The average molecular weight is 456 g/mol. The highest BCUT2D eigenvalue weighted by Crippen LogP contribution is 2.44. The molecule has 0 spiro atoms. The van der Waals surface area contributed by atoms with Crippen molar-refractivity contribution in [1.29, 1.82) is 0 Å². The van der Waals surface area contributed by atoms with Gasteiger partial charge in [-0.3, -0.25) is 9.59 Å². The van der Waals surface area contributed by atoms with Crippen molar-refractivity contribution in [3.8, 4) is 11.1 Å². The van der Waals surface area contributed by atoms with Gasteiger partial charge in [-0.1, -0.05) is 93.6 Å². The van der Waals surface area contributed by atoms with Crippen LogP contribution in [0.5, 0.6) is 0 Å². The third-order valence-corrected chi connectivity index (χ3v) is 6.66. The van der Waals surface area contributed by atoms with Crippen LogP contribution in [-0.4, -0.2) is 18.5 Å². The molecule has 0 aliphatic heterocycles. The zero-order chi connectivity index (χ0) is 24.3. The molecule has 0 unspecified atom stereocenters. The predicted molar refractivity (Wildman–Crippen MR) is 135 cm³/mol. The molecule has 3 aromatic carbocycles. The number of benzene rings is 3. The maximum Gasteiger partial charge on any atom is 0.306 e. The van der Waals surface area contributed by atoms with Crippen molar-refractivity contribution in [3.63, 3.8) is 0 Å².